The van der Waals surface area contributed by atoms with E-state index in [1.165, 1.54) is 0 Å². The minimum Gasteiger partial charge on any atom is -0.367 e. The first-order chi connectivity index (χ1) is 8.18. The standard InChI is InChI=1S/C14H19F2NO/c1-9(14(2,3)4)17(5)13-11(15)6-10(8-18)7-12(13)16/h6-9H,1-5H3. The van der Waals surface area contributed by atoms with Gasteiger partial charge >= 0.3 is 0 Å². The van der Waals surface area contributed by atoms with Crippen molar-refractivity contribution in [3.63, 3.8) is 0 Å². The van der Waals surface area contributed by atoms with Crippen molar-refractivity contribution in [2.45, 2.75) is 33.7 Å². The highest BCUT2D eigenvalue weighted by atomic mass is 19.1. The Morgan fingerprint density at radius 2 is 1.67 bits per heavy atom. The van der Waals surface area contributed by atoms with E-state index in [4.69, 9.17) is 0 Å². The maximum atomic E-state index is 13.9. The number of nitrogens with zero attached hydrogens (tertiary/aromatic N) is 1. The van der Waals surface area contributed by atoms with Crippen LogP contribution in [0, 0.1) is 17.0 Å². The van der Waals surface area contributed by atoms with E-state index in [-0.39, 0.29) is 22.7 Å². The third-order valence-electron chi connectivity index (χ3n) is 3.36. The Labute approximate surface area is 107 Å². The van der Waals surface area contributed by atoms with Gasteiger partial charge in [0.1, 0.15) is 23.6 Å². The van der Waals surface area contributed by atoms with Gasteiger partial charge in [-0.05, 0) is 24.5 Å². The molecule has 1 atom stereocenters. The van der Waals surface area contributed by atoms with Crippen LogP contribution in [0.1, 0.15) is 38.1 Å². The SMILES string of the molecule is CC(N(C)c1c(F)cc(C=O)cc1F)C(C)(C)C. The molecule has 1 rings (SSSR count). The van der Waals surface area contributed by atoms with Gasteiger partial charge in [-0.3, -0.25) is 4.79 Å². The van der Waals surface area contributed by atoms with E-state index in [1.54, 1.807) is 11.9 Å². The smallest absolute Gasteiger partial charge is 0.150 e. The van der Waals surface area contributed by atoms with Crippen LogP contribution >= 0.6 is 0 Å². The second-order valence-corrected chi connectivity index (χ2v) is 5.60. The molecule has 0 aromatic heterocycles. The molecule has 1 aromatic carbocycles. The summed E-state index contributed by atoms with van der Waals surface area (Å²) in [4.78, 5) is 12.1. The maximum Gasteiger partial charge on any atom is 0.150 e. The molecule has 0 heterocycles. The van der Waals surface area contributed by atoms with Crippen molar-refractivity contribution in [1.29, 1.82) is 0 Å². The molecular weight excluding hydrogens is 236 g/mol. The summed E-state index contributed by atoms with van der Waals surface area (Å²) in [6, 6.07) is 2.05. The molecule has 100 valence electrons. The normalized spacial score (nSPS) is 13.3. The van der Waals surface area contributed by atoms with Gasteiger partial charge in [0.2, 0.25) is 0 Å². The van der Waals surface area contributed by atoms with Crippen LogP contribution in [0.5, 0.6) is 0 Å². The number of benzene rings is 1. The Bertz CT molecular complexity index is 429. The number of rotatable bonds is 3. The van der Waals surface area contributed by atoms with Crippen LogP contribution in [0.15, 0.2) is 12.1 Å². The molecule has 2 nitrogen and oxygen atoms in total. The van der Waals surface area contributed by atoms with E-state index in [2.05, 4.69) is 0 Å². The zero-order chi connectivity index (χ0) is 14.1. The van der Waals surface area contributed by atoms with Crippen molar-refractivity contribution >= 4 is 12.0 Å². The van der Waals surface area contributed by atoms with E-state index < -0.39 is 11.6 Å². The number of carbonyl (C=O) groups is 1. The summed E-state index contributed by atoms with van der Waals surface area (Å²) >= 11 is 0. The average molecular weight is 255 g/mol. The number of anilines is 1. The second-order valence-electron chi connectivity index (χ2n) is 5.60. The first-order valence-corrected chi connectivity index (χ1v) is 5.85. The van der Waals surface area contributed by atoms with Crippen molar-refractivity contribution in [3.05, 3.63) is 29.3 Å². The Morgan fingerprint density at radius 3 is 2.00 bits per heavy atom. The van der Waals surface area contributed by atoms with Gasteiger partial charge in [-0.2, -0.15) is 0 Å². The van der Waals surface area contributed by atoms with Crippen LogP contribution in [0.25, 0.3) is 0 Å². The van der Waals surface area contributed by atoms with Crippen molar-refractivity contribution in [1.82, 2.24) is 0 Å². The molecule has 0 aliphatic rings. The number of aldehydes is 1. The van der Waals surface area contributed by atoms with Gasteiger partial charge in [0.15, 0.2) is 0 Å². The first-order valence-electron chi connectivity index (χ1n) is 5.85. The summed E-state index contributed by atoms with van der Waals surface area (Å²) in [5, 5.41) is 0. The predicted octanol–water partition coefficient (Wildman–Crippen LogP) is 3.65. The largest absolute Gasteiger partial charge is 0.367 e. The van der Waals surface area contributed by atoms with E-state index in [9.17, 15) is 13.6 Å². The van der Waals surface area contributed by atoms with E-state index in [0.717, 1.165) is 12.1 Å². The Kier molecular flexibility index (Phi) is 4.09. The maximum absolute atomic E-state index is 13.9. The van der Waals surface area contributed by atoms with Gasteiger partial charge in [-0.15, -0.1) is 0 Å². The van der Waals surface area contributed by atoms with Crippen LogP contribution in [0.3, 0.4) is 0 Å². The van der Waals surface area contributed by atoms with Crippen LogP contribution < -0.4 is 4.90 Å². The predicted molar refractivity (Wildman–Crippen MR) is 69.1 cm³/mol. The number of carbonyl (C=O) groups excluding carboxylic acids is 1. The van der Waals surface area contributed by atoms with Crippen molar-refractivity contribution < 1.29 is 13.6 Å². The summed E-state index contributed by atoms with van der Waals surface area (Å²) in [7, 11) is 1.65. The zero-order valence-electron chi connectivity index (χ0n) is 11.4. The van der Waals surface area contributed by atoms with Gasteiger partial charge in [0.05, 0.1) is 0 Å². The monoisotopic (exact) mass is 255 g/mol. The number of hydrogen-bond acceptors (Lipinski definition) is 2. The van der Waals surface area contributed by atoms with Gasteiger partial charge in [-0.1, -0.05) is 20.8 Å². The summed E-state index contributed by atoms with van der Waals surface area (Å²) in [6.45, 7) is 7.92. The highest BCUT2D eigenvalue weighted by Gasteiger charge is 2.27. The van der Waals surface area contributed by atoms with Gasteiger partial charge < -0.3 is 4.90 Å². The molecule has 18 heavy (non-hydrogen) atoms. The topological polar surface area (TPSA) is 20.3 Å². The van der Waals surface area contributed by atoms with Crippen LogP contribution in [-0.2, 0) is 0 Å². The minimum atomic E-state index is -0.712. The molecule has 0 N–H and O–H groups in total. The lowest BCUT2D eigenvalue weighted by atomic mass is 9.87. The molecule has 0 aliphatic carbocycles. The number of hydrogen-bond donors (Lipinski definition) is 0. The van der Waals surface area contributed by atoms with Crippen molar-refractivity contribution in [2.75, 3.05) is 11.9 Å². The highest BCUT2D eigenvalue weighted by molar-refractivity contribution is 5.76. The fraction of sp³-hybridized carbons (Fsp3) is 0.500. The fourth-order valence-corrected chi connectivity index (χ4v) is 1.76. The average Bonchev–Trinajstić information content (AvgIpc) is 2.25. The summed E-state index contributed by atoms with van der Waals surface area (Å²) in [5.41, 5.74) is -0.203. The third kappa shape index (κ3) is 2.86. The second kappa shape index (κ2) is 5.04. The van der Waals surface area contributed by atoms with E-state index >= 15 is 0 Å². The summed E-state index contributed by atoms with van der Waals surface area (Å²) in [5.74, 6) is -1.42. The van der Waals surface area contributed by atoms with Crippen molar-refractivity contribution in [2.24, 2.45) is 5.41 Å². The van der Waals surface area contributed by atoms with Gasteiger partial charge in [0, 0.05) is 18.7 Å². The molecule has 4 heteroatoms. The molecule has 1 unspecified atom stereocenters. The van der Waals surface area contributed by atoms with Gasteiger partial charge in [0.25, 0.3) is 0 Å². The lowest BCUT2D eigenvalue weighted by molar-refractivity contribution is 0.112. The molecule has 0 amide bonds. The van der Waals surface area contributed by atoms with Crippen LogP contribution in [-0.4, -0.2) is 19.4 Å². The summed E-state index contributed by atoms with van der Waals surface area (Å²) < 4.78 is 27.7. The first kappa shape index (κ1) is 14.6. The highest BCUT2D eigenvalue weighted by Crippen LogP contribution is 2.31. The molecule has 1 aromatic rings. The van der Waals surface area contributed by atoms with Crippen LogP contribution in [0.4, 0.5) is 14.5 Å². The number of halogens is 2. The fourth-order valence-electron chi connectivity index (χ4n) is 1.76. The lowest BCUT2D eigenvalue weighted by Crippen LogP contribution is -2.40. The zero-order valence-corrected chi connectivity index (χ0v) is 11.4. The molecule has 0 spiro atoms. The van der Waals surface area contributed by atoms with Crippen LogP contribution in [0.2, 0.25) is 0 Å². The third-order valence-corrected chi connectivity index (χ3v) is 3.36. The molecule has 0 radical (unpaired) electrons. The molecule has 0 aliphatic heterocycles. The molecule has 0 saturated heterocycles. The van der Waals surface area contributed by atoms with Crippen molar-refractivity contribution in [3.8, 4) is 0 Å². The Morgan fingerprint density at radius 1 is 1.22 bits per heavy atom. The van der Waals surface area contributed by atoms with Gasteiger partial charge in [-0.25, -0.2) is 8.78 Å². The molecule has 0 fully saturated rings. The Hall–Kier alpha value is -1.45. The van der Waals surface area contributed by atoms with E-state index in [1.807, 2.05) is 27.7 Å². The molecular formula is C14H19F2NO. The lowest BCUT2D eigenvalue weighted by Gasteiger charge is -2.37. The Balaban J connectivity index is 3.22. The molecule has 0 saturated carbocycles. The molecule has 0 bridgehead atoms. The summed E-state index contributed by atoms with van der Waals surface area (Å²) in [6.07, 6.45) is 0.434. The minimum absolute atomic E-state index is 0.00515. The quantitative estimate of drug-likeness (QED) is 0.768. The van der Waals surface area contributed by atoms with E-state index in [0.29, 0.717) is 6.29 Å².